The zero-order valence-electron chi connectivity index (χ0n) is 19.2. The van der Waals surface area contributed by atoms with Gasteiger partial charge in [-0.25, -0.2) is 8.42 Å². The number of sulfonamides is 1. The average Bonchev–Trinajstić information content (AvgIpc) is 2.86. The predicted octanol–water partition coefficient (Wildman–Crippen LogP) is 4.82. The number of ether oxygens (including phenoxy) is 2. The molecule has 9 heteroatoms. The van der Waals surface area contributed by atoms with Crippen molar-refractivity contribution >= 4 is 33.2 Å². The van der Waals surface area contributed by atoms with Crippen LogP contribution in [-0.2, 0) is 14.8 Å². The van der Waals surface area contributed by atoms with Crippen molar-refractivity contribution in [3.8, 4) is 11.5 Å². The van der Waals surface area contributed by atoms with Crippen LogP contribution in [0.15, 0.2) is 77.7 Å². The molecule has 1 atom stereocenters. The van der Waals surface area contributed by atoms with Gasteiger partial charge in [-0.1, -0.05) is 30.7 Å². The number of rotatable bonds is 10. The average molecular weight is 503 g/mol. The topological polar surface area (TPSA) is 84.9 Å². The fourth-order valence-electron chi connectivity index (χ4n) is 3.43. The Morgan fingerprint density at radius 3 is 1.94 bits per heavy atom. The summed E-state index contributed by atoms with van der Waals surface area (Å²) in [6.45, 7) is 1.54. The molecule has 0 aliphatic heterocycles. The molecule has 0 saturated heterocycles. The minimum atomic E-state index is -4.05. The van der Waals surface area contributed by atoms with E-state index in [1.807, 2.05) is 31.2 Å². The third kappa shape index (κ3) is 6.01. The van der Waals surface area contributed by atoms with Crippen LogP contribution in [-0.4, -0.2) is 35.1 Å². The van der Waals surface area contributed by atoms with Gasteiger partial charge in [-0.3, -0.25) is 9.10 Å². The summed E-state index contributed by atoms with van der Waals surface area (Å²) in [6, 6.07) is 19.4. The highest BCUT2D eigenvalue weighted by Crippen LogP contribution is 2.27. The Morgan fingerprint density at radius 1 is 0.912 bits per heavy atom. The number of anilines is 1. The SMILES string of the molecule is CCC(NC(=O)CN(c1ccc(Cl)cc1)S(=O)(=O)c1ccc(OC)cc1)c1ccc(OC)cc1. The summed E-state index contributed by atoms with van der Waals surface area (Å²) < 4.78 is 38.4. The first-order chi connectivity index (χ1) is 16.3. The van der Waals surface area contributed by atoms with E-state index in [4.69, 9.17) is 21.1 Å². The minimum absolute atomic E-state index is 0.0400. The Bertz CT molecular complexity index is 1200. The van der Waals surface area contributed by atoms with Crippen molar-refractivity contribution in [2.45, 2.75) is 24.3 Å². The summed E-state index contributed by atoms with van der Waals surface area (Å²) >= 11 is 5.99. The fourth-order valence-corrected chi connectivity index (χ4v) is 4.97. The third-order valence-corrected chi connectivity index (χ3v) is 7.35. The molecule has 1 N–H and O–H groups in total. The van der Waals surface area contributed by atoms with Crippen LogP contribution < -0.4 is 19.1 Å². The minimum Gasteiger partial charge on any atom is -0.497 e. The summed E-state index contributed by atoms with van der Waals surface area (Å²) in [5.41, 5.74) is 1.22. The van der Waals surface area contributed by atoms with Crippen molar-refractivity contribution in [1.29, 1.82) is 0 Å². The normalized spacial score (nSPS) is 12.0. The number of nitrogens with zero attached hydrogens (tertiary/aromatic N) is 1. The van der Waals surface area contributed by atoms with Gasteiger partial charge in [0.2, 0.25) is 5.91 Å². The summed E-state index contributed by atoms with van der Waals surface area (Å²) in [4.78, 5) is 13.1. The number of hydrogen-bond acceptors (Lipinski definition) is 5. The monoisotopic (exact) mass is 502 g/mol. The van der Waals surface area contributed by atoms with Gasteiger partial charge in [-0.05, 0) is 72.6 Å². The van der Waals surface area contributed by atoms with E-state index in [1.165, 1.54) is 19.2 Å². The maximum Gasteiger partial charge on any atom is 0.264 e. The van der Waals surface area contributed by atoms with Gasteiger partial charge in [0.15, 0.2) is 0 Å². The number of benzene rings is 3. The second-order valence-corrected chi connectivity index (χ2v) is 9.76. The summed E-state index contributed by atoms with van der Waals surface area (Å²) in [7, 11) is -0.959. The van der Waals surface area contributed by atoms with Crippen LogP contribution in [0.5, 0.6) is 11.5 Å². The number of hydrogen-bond donors (Lipinski definition) is 1. The molecule has 34 heavy (non-hydrogen) atoms. The second kappa shape index (κ2) is 11.3. The zero-order chi connectivity index (χ0) is 24.7. The quantitative estimate of drug-likeness (QED) is 0.429. The number of carbonyl (C=O) groups excluding carboxylic acids is 1. The lowest BCUT2D eigenvalue weighted by Gasteiger charge is -2.26. The largest absolute Gasteiger partial charge is 0.497 e. The third-order valence-electron chi connectivity index (χ3n) is 5.31. The fraction of sp³-hybridized carbons (Fsp3) is 0.240. The Balaban J connectivity index is 1.88. The molecule has 0 aliphatic rings. The molecule has 180 valence electrons. The molecule has 3 rings (SSSR count). The molecule has 0 radical (unpaired) electrons. The number of carbonyl (C=O) groups is 1. The summed E-state index contributed by atoms with van der Waals surface area (Å²) in [5, 5.41) is 3.40. The van der Waals surface area contributed by atoms with Gasteiger partial charge in [0.1, 0.15) is 18.0 Å². The molecule has 0 heterocycles. The first-order valence-corrected chi connectivity index (χ1v) is 12.5. The van der Waals surface area contributed by atoms with Crippen molar-refractivity contribution in [3.05, 3.63) is 83.4 Å². The van der Waals surface area contributed by atoms with E-state index < -0.39 is 22.5 Å². The summed E-state index contributed by atoms with van der Waals surface area (Å²) in [6.07, 6.45) is 0.629. The zero-order valence-corrected chi connectivity index (χ0v) is 20.8. The molecule has 0 saturated carbocycles. The molecule has 1 amide bonds. The van der Waals surface area contributed by atoms with E-state index in [2.05, 4.69) is 5.32 Å². The van der Waals surface area contributed by atoms with Crippen LogP contribution in [0.25, 0.3) is 0 Å². The number of halogens is 1. The highest BCUT2D eigenvalue weighted by molar-refractivity contribution is 7.92. The van der Waals surface area contributed by atoms with Crippen LogP contribution in [0.3, 0.4) is 0 Å². The number of amides is 1. The van der Waals surface area contributed by atoms with E-state index in [1.54, 1.807) is 43.5 Å². The van der Waals surface area contributed by atoms with Crippen molar-refractivity contribution in [2.75, 3.05) is 25.1 Å². The second-order valence-electron chi connectivity index (χ2n) is 7.47. The van der Waals surface area contributed by atoms with Gasteiger partial charge in [-0.2, -0.15) is 0 Å². The van der Waals surface area contributed by atoms with Gasteiger partial charge in [0, 0.05) is 5.02 Å². The van der Waals surface area contributed by atoms with Crippen LogP contribution >= 0.6 is 11.6 Å². The van der Waals surface area contributed by atoms with Crippen LogP contribution in [0.2, 0.25) is 5.02 Å². The van der Waals surface area contributed by atoms with Crippen molar-refractivity contribution < 1.29 is 22.7 Å². The van der Waals surface area contributed by atoms with Crippen molar-refractivity contribution in [2.24, 2.45) is 0 Å². The lowest BCUT2D eigenvalue weighted by molar-refractivity contribution is -0.120. The van der Waals surface area contributed by atoms with Gasteiger partial charge < -0.3 is 14.8 Å². The van der Waals surface area contributed by atoms with Crippen molar-refractivity contribution in [3.63, 3.8) is 0 Å². The van der Waals surface area contributed by atoms with E-state index >= 15 is 0 Å². The predicted molar refractivity (Wildman–Crippen MR) is 133 cm³/mol. The van der Waals surface area contributed by atoms with E-state index in [0.29, 0.717) is 28.6 Å². The Labute approximate surface area is 205 Å². The van der Waals surface area contributed by atoms with E-state index in [0.717, 1.165) is 9.87 Å². The Hall–Kier alpha value is -3.23. The molecule has 7 nitrogen and oxygen atoms in total. The lowest BCUT2D eigenvalue weighted by Crippen LogP contribution is -2.42. The lowest BCUT2D eigenvalue weighted by atomic mass is 10.0. The molecule has 0 bridgehead atoms. The molecule has 0 aromatic heterocycles. The molecular formula is C25H27ClN2O5S. The molecule has 3 aromatic carbocycles. The van der Waals surface area contributed by atoms with E-state index in [-0.39, 0.29) is 10.9 Å². The molecule has 0 fully saturated rings. The van der Waals surface area contributed by atoms with Gasteiger partial charge in [-0.15, -0.1) is 0 Å². The highest BCUT2D eigenvalue weighted by atomic mass is 35.5. The molecule has 0 aliphatic carbocycles. The maximum absolute atomic E-state index is 13.5. The first-order valence-electron chi connectivity index (χ1n) is 10.6. The molecular weight excluding hydrogens is 476 g/mol. The van der Waals surface area contributed by atoms with Crippen molar-refractivity contribution in [1.82, 2.24) is 5.32 Å². The number of methoxy groups -OCH3 is 2. The smallest absolute Gasteiger partial charge is 0.264 e. The van der Waals surface area contributed by atoms with Gasteiger partial charge >= 0.3 is 0 Å². The standard InChI is InChI=1S/C25H27ClN2O5S/c1-4-24(18-5-11-21(32-2)12-6-18)27-25(29)17-28(20-9-7-19(26)8-10-20)34(30,31)23-15-13-22(33-3)14-16-23/h5-16,24H,4,17H2,1-3H3,(H,27,29). The van der Waals surface area contributed by atoms with Gasteiger partial charge in [0.25, 0.3) is 10.0 Å². The first kappa shape index (κ1) is 25.4. The molecule has 3 aromatic rings. The Kier molecular flexibility index (Phi) is 8.41. The van der Waals surface area contributed by atoms with E-state index in [9.17, 15) is 13.2 Å². The number of nitrogens with one attached hydrogen (secondary N) is 1. The maximum atomic E-state index is 13.5. The summed E-state index contributed by atoms with van der Waals surface area (Å²) in [5.74, 6) is 0.805. The van der Waals surface area contributed by atoms with Crippen LogP contribution in [0.1, 0.15) is 24.9 Å². The molecule has 0 spiro atoms. The van der Waals surface area contributed by atoms with Crippen LogP contribution in [0.4, 0.5) is 5.69 Å². The Morgan fingerprint density at radius 2 is 1.44 bits per heavy atom. The van der Waals surface area contributed by atoms with Gasteiger partial charge in [0.05, 0.1) is 30.8 Å². The highest BCUT2D eigenvalue weighted by Gasteiger charge is 2.28. The molecule has 1 unspecified atom stereocenters. The van der Waals surface area contributed by atoms with Crippen LogP contribution in [0, 0.1) is 0 Å².